The van der Waals surface area contributed by atoms with Gasteiger partial charge in [-0.25, -0.2) is 0 Å². The fourth-order valence-electron chi connectivity index (χ4n) is 0.801. The van der Waals surface area contributed by atoms with Crippen LogP contribution in [0.5, 0.6) is 0 Å². The zero-order valence-electron chi connectivity index (χ0n) is 6.82. The van der Waals surface area contributed by atoms with E-state index in [1.165, 1.54) is 6.08 Å². The zero-order chi connectivity index (χ0) is 9.02. The minimum Gasteiger partial charge on any atom is -0.481 e. The molecule has 11 heavy (non-hydrogen) atoms. The molecule has 0 aliphatic rings. The van der Waals surface area contributed by atoms with E-state index in [0.29, 0.717) is 0 Å². The molecule has 0 radical (unpaired) electrons. The molecule has 0 fully saturated rings. The number of carbonyl (C=O) groups is 1. The number of aliphatic hydroxyl groups is 1. The van der Waals surface area contributed by atoms with Gasteiger partial charge in [0.25, 0.3) is 0 Å². The Balaban J connectivity index is 4.25. The van der Waals surface area contributed by atoms with Gasteiger partial charge < -0.3 is 10.2 Å². The standard InChI is InChI=1S/C8H14O3/c1-4-6(8(10)11)7(9)5(2)3/h4-7,9H,1H2,2-3H3,(H,10,11)/t6-,7-/m0/s1. The van der Waals surface area contributed by atoms with Gasteiger partial charge in [0.1, 0.15) is 5.92 Å². The van der Waals surface area contributed by atoms with Crippen molar-refractivity contribution in [3.63, 3.8) is 0 Å². The lowest BCUT2D eigenvalue weighted by molar-refractivity contribution is -0.144. The van der Waals surface area contributed by atoms with Crippen molar-refractivity contribution in [1.29, 1.82) is 0 Å². The summed E-state index contributed by atoms with van der Waals surface area (Å²) in [5, 5.41) is 17.9. The van der Waals surface area contributed by atoms with Crippen molar-refractivity contribution in [2.45, 2.75) is 20.0 Å². The first-order valence-electron chi connectivity index (χ1n) is 3.54. The molecule has 0 saturated heterocycles. The van der Waals surface area contributed by atoms with Gasteiger partial charge in [0.05, 0.1) is 6.10 Å². The van der Waals surface area contributed by atoms with Gasteiger partial charge >= 0.3 is 5.97 Å². The molecule has 0 aromatic rings. The first-order chi connectivity index (χ1) is 5.00. The van der Waals surface area contributed by atoms with Gasteiger partial charge in [0.2, 0.25) is 0 Å². The molecule has 3 nitrogen and oxygen atoms in total. The number of aliphatic hydroxyl groups excluding tert-OH is 1. The average molecular weight is 158 g/mol. The van der Waals surface area contributed by atoms with Gasteiger partial charge in [0, 0.05) is 0 Å². The molecule has 2 N–H and O–H groups in total. The van der Waals surface area contributed by atoms with Crippen LogP contribution in [0.3, 0.4) is 0 Å². The summed E-state index contributed by atoms with van der Waals surface area (Å²) >= 11 is 0. The molecule has 0 bridgehead atoms. The highest BCUT2D eigenvalue weighted by atomic mass is 16.4. The van der Waals surface area contributed by atoms with Crippen LogP contribution < -0.4 is 0 Å². The molecule has 3 heteroatoms. The lowest BCUT2D eigenvalue weighted by Crippen LogP contribution is -2.30. The van der Waals surface area contributed by atoms with Gasteiger partial charge in [0.15, 0.2) is 0 Å². The number of carboxylic acids is 1. The molecule has 0 aromatic heterocycles. The van der Waals surface area contributed by atoms with Crippen LogP contribution in [-0.4, -0.2) is 22.3 Å². The highest BCUT2D eigenvalue weighted by molar-refractivity contribution is 5.72. The Morgan fingerprint density at radius 1 is 1.55 bits per heavy atom. The smallest absolute Gasteiger partial charge is 0.313 e. The number of rotatable bonds is 4. The molecule has 0 unspecified atom stereocenters. The molecule has 0 heterocycles. The lowest BCUT2D eigenvalue weighted by Gasteiger charge is -2.18. The van der Waals surface area contributed by atoms with E-state index < -0.39 is 18.0 Å². The monoisotopic (exact) mass is 158 g/mol. The molecule has 0 saturated carbocycles. The molecular weight excluding hydrogens is 144 g/mol. The summed E-state index contributed by atoms with van der Waals surface area (Å²) in [4.78, 5) is 10.4. The molecule has 0 aliphatic heterocycles. The quantitative estimate of drug-likeness (QED) is 0.597. The Bertz CT molecular complexity index is 151. The Morgan fingerprint density at radius 2 is 2.00 bits per heavy atom. The van der Waals surface area contributed by atoms with Crippen LogP contribution >= 0.6 is 0 Å². The Morgan fingerprint density at radius 3 is 2.09 bits per heavy atom. The summed E-state index contributed by atoms with van der Waals surface area (Å²) in [6, 6.07) is 0. The number of carboxylic acid groups (broad SMARTS) is 1. The van der Waals surface area contributed by atoms with Gasteiger partial charge in [-0.1, -0.05) is 19.9 Å². The molecule has 64 valence electrons. The third-order valence-corrected chi connectivity index (χ3v) is 1.59. The number of hydrogen-bond acceptors (Lipinski definition) is 2. The molecular formula is C8H14O3. The summed E-state index contributed by atoms with van der Waals surface area (Å²) in [5.74, 6) is -1.94. The maximum Gasteiger partial charge on any atom is 0.313 e. The van der Waals surface area contributed by atoms with Crippen molar-refractivity contribution < 1.29 is 15.0 Å². The Labute approximate surface area is 66.4 Å². The van der Waals surface area contributed by atoms with Crippen molar-refractivity contribution in [2.75, 3.05) is 0 Å². The fourth-order valence-corrected chi connectivity index (χ4v) is 0.801. The fraction of sp³-hybridized carbons (Fsp3) is 0.625. The second kappa shape index (κ2) is 4.13. The molecule has 0 rings (SSSR count). The van der Waals surface area contributed by atoms with Crippen molar-refractivity contribution in [3.8, 4) is 0 Å². The predicted octanol–water partition coefficient (Wildman–Crippen LogP) is 0.890. The first-order valence-corrected chi connectivity index (χ1v) is 3.54. The Hall–Kier alpha value is -0.830. The van der Waals surface area contributed by atoms with E-state index in [2.05, 4.69) is 6.58 Å². The van der Waals surface area contributed by atoms with Crippen LogP contribution in [-0.2, 0) is 4.79 Å². The lowest BCUT2D eigenvalue weighted by atomic mass is 9.94. The van der Waals surface area contributed by atoms with Crippen LogP contribution in [0, 0.1) is 11.8 Å². The summed E-state index contributed by atoms with van der Waals surface area (Å²) in [5.41, 5.74) is 0. The first kappa shape index (κ1) is 10.2. The SMILES string of the molecule is C=C[C@H](C(=O)O)[C@@H](O)C(C)C. The van der Waals surface area contributed by atoms with E-state index >= 15 is 0 Å². The second-order valence-corrected chi connectivity index (χ2v) is 2.83. The van der Waals surface area contributed by atoms with Crippen LogP contribution in [0.25, 0.3) is 0 Å². The minimum atomic E-state index is -1.03. The maximum absolute atomic E-state index is 10.4. The molecule has 0 amide bonds. The van der Waals surface area contributed by atoms with Crippen LogP contribution in [0.2, 0.25) is 0 Å². The third-order valence-electron chi connectivity index (χ3n) is 1.59. The maximum atomic E-state index is 10.4. The average Bonchev–Trinajstić information content (AvgIpc) is 1.88. The summed E-state index contributed by atoms with van der Waals surface area (Å²) < 4.78 is 0. The van der Waals surface area contributed by atoms with Crippen LogP contribution in [0.15, 0.2) is 12.7 Å². The zero-order valence-corrected chi connectivity index (χ0v) is 6.82. The van der Waals surface area contributed by atoms with Crippen molar-refractivity contribution in [3.05, 3.63) is 12.7 Å². The van der Waals surface area contributed by atoms with E-state index in [1.807, 2.05) is 0 Å². The van der Waals surface area contributed by atoms with Crippen molar-refractivity contribution in [2.24, 2.45) is 11.8 Å². The number of aliphatic carboxylic acids is 1. The van der Waals surface area contributed by atoms with Crippen LogP contribution in [0.4, 0.5) is 0 Å². The van der Waals surface area contributed by atoms with E-state index in [1.54, 1.807) is 13.8 Å². The van der Waals surface area contributed by atoms with E-state index in [4.69, 9.17) is 5.11 Å². The largest absolute Gasteiger partial charge is 0.481 e. The van der Waals surface area contributed by atoms with Crippen LogP contribution in [0.1, 0.15) is 13.8 Å². The molecule has 2 atom stereocenters. The normalized spacial score (nSPS) is 16.0. The topological polar surface area (TPSA) is 57.5 Å². The third kappa shape index (κ3) is 2.72. The summed E-state index contributed by atoms with van der Waals surface area (Å²) in [6.45, 7) is 6.88. The highest BCUT2D eigenvalue weighted by Gasteiger charge is 2.25. The molecule has 0 spiro atoms. The molecule has 0 aromatic carbocycles. The van der Waals surface area contributed by atoms with E-state index in [9.17, 15) is 9.90 Å². The van der Waals surface area contributed by atoms with Crippen molar-refractivity contribution >= 4 is 5.97 Å². The van der Waals surface area contributed by atoms with Gasteiger partial charge in [-0.05, 0) is 5.92 Å². The van der Waals surface area contributed by atoms with Gasteiger partial charge in [-0.3, -0.25) is 4.79 Å². The van der Waals surface area contributed by atoms with E-state index in [-0.39, 0.29) is 5.92 Å². The second-order valence-electron chi connectivity index (χ2n) is 2.83. The van der Waals surface area contributed by atoms with E-state index in [0.717, 1.165) is 0 Å². The summed E-state index contributed by atoms with van der Waals surface area (Å²) in [6.07, 6.45) is 0.414. The van der Waals surface area contributed by atoms with Gasteiger partial charge in [-0.2, -0.15) is 0 Å². The van der Waals surface area contributed by atoms with Gasteiger partial charge in [-0.15, -0.1) is 6.58 Å². The highest BCUT2D eigenvalue weighted by Crippen LogP contribution is 2.13. The Kier molecular flexibility index (Phi) is 3.82. The number of hydrogen-bond donors (Lipinski definition) is 2. The summed E-state index contributed by atoms with van der Waals surface area (Å²) in [7, 11) is 0. The predicted molar refractivity (Wildman–Crippen MR) is 42.2 cm³/mol. The minimum absolute atomic E-state index is 0.0610. The molecule has 0 aliphatic carbocycles. The van der Waals surface area contributed by atoms with Crippen molar-refractivity contribution in [1.82, 2.24) is 0 Å².